The minimum Gasteiger partial charge on any atom is -0.397 e. The van der Waals surface area contributed by atoms with Crippen molar-refractivity contribution in [3.8, 4) is 0 Å². The molecular formula is C33H33N7O9S2. The number of nitrogens with zero attached hydrogens (tertiary/aromatic N) is 3. The van der Waals surface area contributed by atoms with Gasteiger partial charge in [0.1, 0.15) is 9.79 Å². The standard InChI is InChI=1S/C33H33N7O9S2/c1-40(16-6-2-3-9-28(41)37-35)21-13-10-19(11-14-21)38-39-20-12-15-24(26(17-20)50(44,45)46)36-25-18-27(51(47,48)49)31(34)30-29(25)32(42)22-7-4-5-8-23(22)33(30)43/h4-5,7-8,10-15,17-18,36H,2-3,6,9,16,34-35H2,1H3,(H,37,41)(H,44,45,46)(H,47,48,49)/b39-38+. The largest absolute Gasteiger partial charge is 0.397 e. The maximum absolute atomic E-state index is 13.6. The number of nitrogen functional groups attached to an aromatic ring is 1. The van der Waals surface area contributed by atoms with Crippen molar-refractivity contribution in [1.29, 1.82) is 0 Å². The zero-order valence-electron chi connectivity index (χ0n) is 27.0. The minimum atomic E-state index is -5.04. The number of carbonyl (C=O) groups is 3. The molecule has 0 aromatic heterocycles. The highest BCUT2D eigenvalue weighted by Crippen LogP contribution is 2.41. The highest BCUT2D eigenvalue weighted by atomic mass is 32.2. The van der Waals surface area contributed by atoms with Crippen molar-refractivity contribution in [3.63, 3.8) is 0 Å². The van der Waals surface area contributed by atoms with Crippen LogP contribution in [0.5, 0.6) is 0 Å². The molecule has 4 aromatic carbocycles. The first-order chi connectivity index (χ1) is 24.1. The van der Waals surface area contributed by atoms with E-state index in [0.29, 0.717) is 12.1 Å². The fourth-order valence-corrected chi connectivity index (χ4v) is 6.86. The summed E-state index contributed by atoms with van der Waals surface area (Å²) in [4.78, 5) is 38.7. The van der Waals surface area contributed by atoms with Crippen LogP contribution in [-0.4, -0.2) is 57.0 Å². The van der Waals surface area contributed by atoms with Crippen LogP contribution >= 0.6 is 0 Å². The van der Waals surface area contributed by atoms with Gasteiger partial charge in [0, 0.05) is 36.8 Å². The van der Waals surface area contributed by atoms with Gasteiger partial charge in [-0.3, -0.25) is 28.9 Å². The quantitative estimate of drug-likeness (QED) is 0.0183. The van der Waals surface area contributed by atoms with Gasteiger partial charge in [-0.05, 0) is 61.4 Å². The second-order valence-corrected chi connectivity index (χ2v) is 14.3. The molecule has 266 valence electrons. The smallest absolute Gasteiger partial charge is 0.296 e. The molecule has 0 bridgehead atoms. The number of nitrogens with one attached hydrogen (secondary N) is 2. The Morgan fingerprint density at radius 1 is 0.765 bits per heavy atom. The second kappa shape index (κ2) is 14.8. The third-order valence-electron chi connectivity index (χ3n) is 8.12. The summed E-state index contributed by atoms with van der Waals surface area (Å²) in [5, 5.41) is 10.9. The van der Waals surface area contributed by atoms with Crippen LogP contribution in [0, 0.1) is 0 Å². The summed E-state index contributed by atoms with van der Waals surface area (Å²) in [7, 11) is -8.09. The first-order valence-corrected chi connectivity index (χ1v) is 18.2. The maximum atomic E-state index is 13.6. The van der Waals surface area contributed by atoms with E-state index in [-0.39, 0.29) is 39.7 Å². The minimum absolute atomic E-state index is 0.00625. The van der Waals surface area contributed by atoms with Crippen LogP contribution in [0.25, 0.3) is 0 Å². The number of fused-ring (bicyclic) bond motifs is 2. The van der Waals surface area contributed by atoms with Crippen LogP contribution in [0.15, 0.2) is 92.8 Å². The first kappa shape index (κ1) is 36.7. The molecule has 1 amide bonds. The first-order valence-electron chi connectivity index (χ1n) is 15.3. The van der Waals surface area contributed by atoms with Gasteiger partial charge in [0.2, 0.25) is 5.91 Å². The van der Waals surface area contributed by atoms with Gasteiger partial charge in [0.05, 0.1) is 39.6 Å². The Morgan fingerprint density at radius 2 is 1.35 bits per heavy atom. The molecule has 1 aliphatic rings. The Kier molecular flexibility index (Phi) is 10.6. The van der Waals surface area contributed by atoms with Gasteiger partial charge >= 0.3 is 0 Å². The summed E-state index contributed by atoms with van der Waals surface area (Å²) in [5.41, 5.74) is 7.20. The van der Waals surface area contributed by atoms with E-state index in [1.165, 1.54) is 36.4 Å². The van der Waals surface area contributed by atoms with Crippen molar-refractivity contribution in [2.75, 3.05) is 29.5 Å². The molecule has 0 saturated heterocycles. The Balaban J connectivity index is 1.41. The molecule has 0 fully saturated rings. The normalized spacial score (nSPS) is 12.8. The van der Waals surface area contributed by atoms with Crippen molar-refractivity contribution in [1.82, 2.24) is 5.43 Å². The van der Waals surface area contributed by atoms with Crippen molar-refractivity contribution < 1.29 is 40.3 Å². The third-order valence-corrected chi connectivity index (χ3v) is 9.91. The zero-order chi connectivity index (χ0) is 37.1. The molecule has 1 aliphatic carbocycles. The molecular weight excluding hydrogens is 703 g/mol. The molecule has 0 radical (unpaired) electrons. The molecule has 8 N–H and O–H groups in total. The number of carbonyl (C=O) groups excluding carboxylic acids is 3. The summed E-state index contributed by atoms with van der Waals surface area (Å²) < 4.78 is 69.5. The number of hydrazine groups is 1. The molecule has 51 heavy (non-hydrogen) atoms. The van der Waals surface area contributed by atoms with E-state index in [4.69, 9.17) is 11.6 Å². The number of nitrogens with two attached hydrogens (primary N) is 2. The van der Waals surface area contributed by atoms with Gasteiger partial charge in [-0.1, -0.05) is 30.7 Å². The van der Waals surface area contributed by atoms with Crippen LogP contribution in [0.1, 0.15) is 57.5 Å². The van der Waals surface area contributed by atoms with Crippen molar-refractivity contribution in [3.05, 3.63) is 95.1 Å². The lowest BCUT2D eigenvalue weighted by molar-refractivity contribution is -0.121. The van der Waals surface area contributed by atoms with Gasteiger partial charge in [-0.2, -0.15) is 27.1 Å². The molecule has 0 heterocycles. The molecule has 0 unspecified atom stereocenters. The molecule has 16 nitrogen and oxygen atoms in total. The number of azo groups is 1. The van der Waals surface area contributed by atoms with Crippen LogP contribution in [0.2, 0.25) is 0 Å². The van der Waals surface area contributed by atoms with E-state index in [0.717, 1.165) is 43.6 Å². The van der Waals surface area contributed by atoms with E-state index in [9.17, 15) is 40.3 Å². The highest BCUT2D eigenvalue weighted by Gasteiger charge is 2.36. The van der Waals surface area contributed by atoms with Crippen molar-refractivity contribution in [2.45, 2.75) is 35.5 Å². The summed E-state index contributed by atoms with van der Waals surface area (Å²) in [6.45, 7) is 0.748. The lowest BCUT2D eigenvalue weighted by Crippen LogP contribution is -2.29. The molecule has 0 spiro atoms. The number of unbranched alkanes of at least 4 members (excludes halogenated alkanes) is 2. The fraction of sp³-hybridized carbons (Fsp3) is 0.182. The van der Waals surface area contributed by atoms with Crippen LogP contribution in [-0.2, 0) is 25.0 Å². The van der Waals surface area contributed by atoms with Gasteiger partial charge < -0.3 is 16.0 Å². The number of ketones is 2. The predicted octanol–water partition coefficient (Wildman–Crippen LogP) is 4.68. The Labute approximate surface area is 293 Å². The predicted molar refractivity (Wildman–Crippen MR) is 188 cm³/mol. The molecule has 0 aliphatic heterocycles. The number of rotatable bonds is 13. The Bertz CT molecular complexity index is 2290. The highest BCUT2D eigenvalue weighted by molar-refractivity contribution is 7.86. The summed E-state index contributed by atoms with van der Waals surface area (Å²) in [6, 6.07) is 17.2. The fourth-order valence-electron chi connectivity index (χ4n) is 5.54. The lowest BCUT2D eigenvalue weighted by atomic mass is 9.82. The van der Waals surface area contributed by atoms with Crippen molar-refractivity contribution in [2.24, 2.45) is 16.1 Å². The number of hydrogen-bond acceptors (Lipinski definition) is 13. The van der Waals surface area contributed by atoms with Gasteiger partial charge in [0.25, 0.3) is 20.2 Å². The Hall–Kier alpha value is -5.53. The van der Waals surface area contributed by atoms with E-state index in [2.05, 4.69) is 21.0 Å². The second-order valence-electron chi connectivity index (χ2n) is 11.6. The molecule has 18 heteroatoms. The number of anilines is 4. The average Bonchev–Trinajstić information content (AvgIpc) is 3.09. The van der Waals surface area contributed by atoms with Crippen LogP contribution in [0.3, 0.4) is 0 Å². The van der Waals surface area contributed by atoms with Gasteiger partial charge in [0.15, 0.2) is 11.6 Å². The van der Waals surface area contributed by atoms with Gasteiger partial charge in [-0.15, -0.1) is 0 Å². The van der Waals surface area contributed by atoms with Crippen LogP contribution in [0.4, 0.5) is 34.1 Å². The van der Waals surface area contributed by atoms with Gasteiger partial charge in [-0.25, -0.2) is 5.84 Å². The lowest BCUT2D eigenvalue weighted by Gasteiger charge is -2.24. The Morgan fingerprint density at radius 3 is 1.96 bits per heavy atom. The average molecular weight is 736 g/mol. The van der Waals surface area contributed by atoms with E-state index in [1.54, 1.807) is 12.1 Å². The SMILES string of the molecule is CN(CCCCCC(=O)NN)c1ccc(/N=N/c2ccc(Nc3cc(S(=O)(=O)O)c(N)c4c3C(=O)c3ccccc3C4=O)c(S(=O)(=O)O)c2)cc1. The number of benzene rings is 4. The number of amides is 1. The summed E-state index contributed by atoms with van der Waals surface area (Å²) in [6.07, 6.45) is 2.80. The molecule has 0 atom stereocenters. The van der Waals surface area contributed by atoms with Crippen LogP contribution < -0.4 is 27.2 Å². The molecule has 4 aromatic rings. The van der Waals surface area contributed by atoms with E-state index >= 15 is 0 Å². The monoisotopic (exact) mass is 735 g/mol. The number of hydrogen-bond donors (Lipinski definition) is 6. The van der Waals surface area contributed by atoms with Crippen molar-refractivity contribution >= 4 is 71.8 Å². The molecule has 0 saturated carbocycles. The molecule has 5 rings (SSSR count). The maximum Gasteiger partial charge on any atom is 0.296 e. The topological polar surface area (TPSA) is 264 Å². The third kappa shape index (κ3) is 8.11. The van der Waals surface area contributed by atoms with E-state index in [1.807, 2.05) is 24.1 Å². The summed E-state index contributed by atoms with van der Waals surface area (Å²) in [5.74, 6) is 3.37. The summed E-state index contributed by atoms with van der Waals surface area (Å²) >= 11 is 0. The zero-order valence-corrected chi connectivity index (χ0v) is 28.7. The van der Waals surface area contributed by atoms with E-state index < -0.39 is 52.8 Å².